The first-order valence-corrected chi connectivity index (χ1v) is 8.96. The maximum Gasteiger partial charge on any atom is 0.308 e. The Labute approximate surface area is 140 Å². The van der Waals surface area contributed by atoms with E-state index in [0.29, 0.717) is 25.7 Å². The smallest absolute Gasteiger partial charge is 0.308 e. The van der Waals surface area contributed by atoms with Crippen molar-refractivity contribution < 1.29 is 27.1 Å². The Morgan fingerprint density at radius 1 is 1.29 bits per heavy atom. The summed E-state index contributed by atoms with van der Waals surface area (Å²) in [5, 5.41) is 10.7. The number of benzene rings is 1. The number of nitrogens with zero attached hydrogens (tertiary/aromatic N) is 1. The molecule has 1 aromatic carbocycles. The number of non-ortho nitro benzene ring substituents is 1. The van der Waals surface area contributed by atoms with Crippen LogP contribution in [0.1, 0.15) is 25.7 Å². The van der Waals surface area contributed by atoms with E-state index in [1.165, 1.54) is 25.3 Å². The Kier molecular flexibility index (Phi) is 5.89. The quantitative estimate of drug-likeness (QED) is 0.332. The zero-order valence-electron chi connectivity index (χ0n) is 13.2. The fraction of sp³-hybridized carbons (Fsp3) is 0.533. The lowest BCUT2D eigenvalue weighted by Crippen LogP contribution is -2.25. The van der Waals surface area contributed by atoms with E-state index in [1.54, 1.807) is 0 Å². The zero-order valence-corrected chi connectivity index (χ0v) is 14.0. The molecule has 8 nitrogen and oxygen atoms in total. The number of hydrogen-bond donors (Lipinski definition) is 0. The maximum absolute atomic E-state index is 12.1. The van der Waals surface area contributed by atoms with Crippen LogP contribution in [0.5, 0.6) is 0 Å². The molecule has 1 aromatic rings. The summed E-state index contributed by atoms with van der Waals surface area (Å²) in [6, 6.07) is 4.75. The topological polar surface area (TPSA) is 113 Å². The van der Waals surface area contributed by atoms with Crippen molar-refractivity contribution in [2.24, 2.45) is 11.8 Å². The SMILES string of the molecule is COC(=O)[C@H]1CC[C@H](COS(=O)(=O)c2cccc([N+](=O)[O-])c2)CC1. The highest BCUT2D eigenvalue weighted by Crippen LogP contribution is 2.30. The van der Waals surface area contributed by atoms with E-state index < -0.39 is 15.0 Å². The molecule has 1 aliphatic carbocycles. The highest BCUT2D eigenvalue weighted by Gasteiger charge is 2.28. The van der Waals surface area contributed by atoms with E-state index in [9.17, 15) is 23.3 Å². The van der Waals surface area contributed by atoms with E-state index in [0.717, 1.165) is 6.07 Å². The number of ether oxygens (including phenoxy) is 1. The third-order valence-electron chi connectivity index (χ3n) is 4.16. The number of carbonyl (C=O) groups is 1. The van der Waals surface area contributed by atoms with Gasteiger partial charge in [0.05, 0.1) is 24.6 Å². The molecule has 2 rings (SSSR count). The lowest BCUT2D eigenvalue weighted by molar-refractivity contribution is -0.385. The van der Waals surface area contributed by atoms with Crippen LogP contribution in [0.4, 0.5) is 5.69 Å². The molecule has 9 heteroatoms. The van der Waals surface area contributed by atoms with Gasteiger partial charge in [0, 0.05) is 12.1 Å². The normalized spacial score (nSPS) is 21.2. The van der Waals surface area contributed by atoms with E-state index in [-0.39, 0.29) is 35.0 Å². The first-order chi connectivity index (χ1) is 11.3. The molecular weight excluding hydrogens is 338 g/mol. The average Bonchev–Trinajstić information content (AvgIpc) is 2.60. The number of nitro groups is 1. The minimum atomic E-state index is -4.05. The van der Waals surface area contributed by atoms with Crippen LogP contribution in [0.3, 0.4) is 0 Å². The van der Waals surface area contributed by atoms with E-state index in [4.69, 9.17) is 8.92 Å². The van der Waals surface area contributed by atoms with Gasteiger partial charge in [-0.25, -0.2) is 0 Å². The second kappa shape index (κ2) is 7.71. The van der Waals surface area contributed by atoms with Crippen LogP contribution in [-0.4, -0.2) is 33.0 Å². The van der Waals surface area contributed by atoms with Crippen molar-refractivity contribution in [1.82, 2.24) is 0 Å². The molecular formula is C15H19NO7S. The summed E-state index contributed by atoms with van der Waals surface area (Å²) in [7, 11) is -2.70. The van der Waals surface area contributed by atoms with Crippen LogP contribution in [-0.2, 0) is 23.8 Å². The Balaban J connectivity index is 1.93. The Morgan fingerprint density at radius 2 is 1.96 bits per heavy atom. The van der Waals surface area contributed by atoms with Crippen LogP contribution >= 0.6 is 0 Å². The summed E-state index contributed by atoms with van der Waals surface area (Å²) in [6.07, 6.45) is 2.61. The Morgan fingerprint density at radius 3 is 2.54 bits per heavy atom. The standard InChI is InChI=1S/C15H19NO7S/c1-22-15(17)12-7-5-11(6-8-12)10-23-24(20,21)14-4-2-3-13(9-14)16(18)19/h2-4,9,11-12H,5-8,10H2,1H3/t11-,12-. The van der Waals surface area contributed by atoms with Gasteiger partial charge >= 0.3 is 5.97 Å². The van der Waals surface area contributed by atoms with E-state index >= 15 is 0 Å². The van der Waals surface area contributed by atoms with Gasteiger partial charge in [0.15, 0.2) is 0 Å². The molecule has 1 fully saturated rings. The fourth-order valence-electron chi connectivity index (χ4n) is 2.74. The van der Waals surface area contributed by atoms with E-state index in [1.807, 2.05) is 0 Å². The Bertz CT molecular complexity index is 708. The van der Waals surface area contributed by atoms with Crippen molar-refractivity contribution in [3.63, 3.8) is 0 Å². The first kappa shape index (κ1) is 18.3. The van der Waals surface area contributed by atoms with Crippen LogP contribution in [0.2, 0.25) is 0 Å². The van der Waals surface area contributed by atoms with Crippen LogP contribution < -0.4 is 0 Å². The lowest BCUT2D eigenvalue weighted by atomic mass is 9.82. The van der Waals surface area contributed by atoms with Gasteiger partial charge in [0.1, 0.15) is 4.90 Å². The largest absolute Gasteiger partial charge is 0.469 e. The molecule has 0 atom stereocenters. The number of rotatable bonds is 6. The summed E-state index contributed by atoms with van der Waals surface area (Å²) in [4.78, 5) is 21.3. The van der Waals surface area contributed by atoms with Crippen molar-refractivity contribution >= 4 is 21.8 Å². The minimum Gasteiger partial charge on any atom is -0.469 e. The molecule has 0 saturated heterocycles. The third-order valence-corrected chi connectivity index (χ3v) is 5.43. The minimum absolute atomic E-state index is 0.00107. The highest BCUT2D eigenvalue weighted by molar-refractivity contribution is 7.86. The fourth-order valence-corrected chi connectivity index (χ4v) is 3.76. The van der Waals surface area contributed by atoms with Crippen LogP contribution in [0, 0.1) is 22.0 Å². The number of nitro benzene ring substituents is 1. The summed E-state index contributed by atoms with van der Waals surface area (Å²) < 4.78 is 34.1. The number of hydrogen-bond acceptors (Lipinski definition) is 7. The molecule has 0 amide bonds. The van der Waals surface area contributed by atoms with Crippen molar-refractivity contribution in [2.45, 2.75) is 30.6 Å². The number of carbonyl (C=O) groups excluding carboxylic acids is 1. The summed E-state index contributed by atoms with van der Waals surface area (Å²) in [6.45, 7) is -0.00107. The predicted molar refractivity (Wildman–Crippen MR) is 83.7 cm³/mol. The first-order valence-electron chi connectivity index (χ1n) is 7.55. The lowest BCUT2D eigenvalue weighted by Gasteiger charge is -2.26. The van der Waals surface area contributed by atoms with Crippen molar-refractivity contribution in [2.75, 3.05) is 13.7 Å². The van der Waals surface area contributed by atoms with Gasteiger partial charge in [-0.3, -0.25) is 19.1 Å². The monoisotopic (exact) mass is 357 g/mol. The second-order valence-electron chi connectivity index (χ2n) is 5.73. The molecule has 0 unspecified atom stereocenters. The van der Waals surface area contributed by atoms with Crippen molar-refractivity contribution in [3.05, 3.63) is 34.4 Å². The van der Waals surface area contributed by atoms with Gasteiger partial charge in [-0.2, -0.15) is 8.42 Å². The zero-order chi connectivity index (χ0) is 17.7. The average molecular weight is 357 g/mol. The molecule has 1 aliphatic rings. The van der Waals surface area contributed by atoms with Gasteiger partial charge in [-0.1, -0.05) is 6.07 Å². The summed E-state index contributed by atoms with van der Waals surface area (Å²) >= 11 is 0. The summed E-state index contributed by atoms with van der Waals surface area (Å²) in [5.41, 5.74) is -0.307. The number of esters is 1. The van der Waals surface area contributed by atoms with Crippen molar-refractivity contribution in [3.8, 4) is 0 Å². The molecule has 24 heavy (non-hydrogen) atoms. The van der Waals surface area contributed by atoms with E-state index in [2.05, 4.69) is 0 Å². The second-order valence-corrected chi connectivity index (χ2v) is 7.35. The molecule has 132 valence electrons. The molecule has 0 heterocycles. The van der Waals surface area contributed by atoms with Crippen LogP contribution in [0.15, 0.2) is 29.2 Å². The van der Waals surface area contributed by atoms with Gasteiger partial charge in [0.2, 0.25) is 0 Å². The van der Waals surface area contributed by atoms with Crippen molar-refractivity contribution in [1.29, 1.82) is 0 Å². The highest BCUT2D eigenvalue weighted by atomic mass is 32.2. The predicted octanol–water partition coefficient (Wildman–Crippen LogP) is 2.28. The molecule has 0 aromatic heterocycles. The Hall–Kier alpha value is -2.00. The molecule has 0 N–H and O–H groups in total. The molecule has 0 bridgehead atoms. The molecule has 1 saturated carbocycles. The van der Waals surface area contributed by atoms with Gasteiger partial charge in [-0.15, -0.1) is 0 Å². The van der Waals surface area contributed by atoms with Crippen LogP contribution in [0.25, 0.3) is 0 Å². The van der Waals surface area contributed by atoms with Gasteiger partial charge in [-0.05, 0) is 37.7 Å². The molecule has 0 aliphatic heterocycles. The molecule has 0 spiro atoms. The van der Waals surface area contributed by atoms with Gasteiger partial charge < -0.3 is 4.74 Å². The summed E-state index contributed by atoms with van der Waals surface area (Å²) in [5.74, 6) is -0.349. The molecule has 0 radical (unpaired) electrons. The number of methoxy groups -OCH3 is 1. The maximum atomic E-state index is 12.1. The van der Waals surface area contributed by atoms with Gasteiger partial charge in [0.25, 0.3) is 15.8 Å². The third kappa shape index (κ3) is 4.51.